The topological polar surface area (TPSA) is 57.8 Å². The summed E-state index contributed by atoms with van der Waals surface area (Å²) in [7, 11) is 0. The van der Waals surface area contributed by atoms with Crippen LogP contribution >= 0.6 is 0 Å². The maximum atomic E-state index is 11.7. The minimum Gasteiger partial charge on any atom is -0.466 e. The van der Waals surface area contributed by atoms with Crippen LogP contribution in [0.2, 0.25) is 0 Å². The highest BCUT2D eigenvalue weighted by Gasteiger charge is 2.02. The molecular weight excluding hydrogens is 336 g/mol. The molecule has 0 aliphatic carbocycles. The van der Waals surface area contributed by atoms with E-state index in [1.807, 2.05) is 0 Å². The second kappa shape index (κ2) is 23.5. The maximum Gasteiger partial charge on any atom is 0.305 e. The molecule has 0 saturated carbocycles. The van der Waals surface area contributed by atoms with Crippen LogP contribution in [0.25, 0.3) is 0 Å². The molecule has 3 heteroatoms. The van der Waals surface area contributed by atoms with Gasteiger partial charge in [0.2, 0.25) is 0 Å². The molecule has 0 aliphatic heterocycles. The van der Waals surface area contributed by atoms with Crippen LogP contribution in [0.15, 0.2) is 0 Å². The fraction of sp³-hybridized carbons (Fsp3) is 0.958. The van der Waals surface area contributed by atoms with Gasteiger partial charge in [0.1, 0.15) is 0 Å². The lowest BCUT2D eigenvalue weighted by atomic mass is 10.0. The van der Waals surface area contributed by atoms with Crippen LogP contribution in [0.5, 0.6) is 0 Å². The Morgan fingerprint density at radius 3 is 1.59 bits per heavy atom. The smallest absolute Gasteiger partial charge is 0.305 e. The van der Waals surface area contributed by atoms with Gasteiger partial charge in [0, 0.05) is 6.42 Å². The first-order valence-electron chi connectivity index (χ1n) is 11.8. The summed E-state index contributed by atoms with van der Waals surface area (Å²) in [6.45, 7) is 7.42. The van der Waals surface area contributed by atoms with Crippen molar-refractivity contribution in [3.63, 3.8) is 0 Å². The Kier molecular flexibility index (Phi) is 24.9. The maximum absolute atomic E-state index is 11.7. The predicted molar refractivity (Wildman–Crippen MR) is 118 cm³/mol. The van der Waals surface area contributed by atoms with Gasteiger partial charge in [0.25, 0.3) is 0 Å². The van der Waals surface area contributed by atoms with E-state index < -0.39 is 0 Å². The molecular formula is C24H50O3. The van der Waals surface area contributed by atoms with Crippen LogP contribution in [0.1, 0.15) is 136 Å². The van der Waals surface area contributed by atoms with Gasteiger partial charge in [-0.15, -0.1) is 0 Å². The van der Waals surface area contributed by atoms with E-state index in [-0.39, 0.29) is 11.4 Å². The first-order valence-corrected chi connectivity index (χ1v) is 11.8. The molecule has 0 aromatic carbocycles. The average Bonchev–Trinajstić information content (AvgIpc) is 2.61. The first kappa shape index (κ1) is 28.6. The van der Waals surface area contributed by atoms with E-state index in [4.69, 9.17) is 4.74 Å². The van der Waals surface area contributed by atoms with Crippen molar-refractivity contribution < 1.29 is 15.0 Å². The van der Waals surface area contributed by atoms with Gasteiger partial charge in [-0.2, -0.15) is 0 Å². The van der Waals surface area contributed by atoms with Crippen LogP contribution in [-0.4, -0.2) is 18.1 Å². The first-order chi connectivity index (χ1) is 12.7. The Labute approximate surface area is 170 Å². The number of hydrogen-bond donors (Lipinski definition) is 0. The summed E-state index contributed by atoms with van der Waals surface area (Å²) < 4.78 is 5.32. The minimum absolute atomic E-state index is 0. The van der Waals surface area contributed by atoms with Crippen LogP contribution in [0.3, 0.4) is 0 Å². The zero-order valence-electron chi connectivity index (χ0n) is 18.8. The van der Waals surface area contributed by atoms with Crippen molar-refractivity contribution >= 4 is 5.97 Å². The Bertz CT molecular complexity index is 289. The number of esters is 1. The van der Waals surface area contributed by atoms with Crippen LogP contribution < -0.4 is 0 Å². The van der Waals surface area contributed by atoms with Crippen molar-refractivity contribution in [2.24, 2.45) is 5.92 Å². The molecule has 0 unspecified atom stereocenters. The lowest BCUT2D eigenvalue weighted by Crippen LogP contribution is -2.05. The van der Waals surface area contributed by atoms with Gasteiger partial charge >= 0.3 is 5.97 Å². The van der Waals surface area contributed by atoms with E-state index >= 15 is 0 Å². The molecule has 0 aromatic rings. The van der Waals surface area contributed by atoms with E-state index in [9.17, 15) is 4.79 Å². The highest BCUT2D eigenvalue weighted by molar-refractivity contribution is 5.69. The third kappa shape index (κ3) is 25.4. The van der Waals surface area contributed by atoms with Gasteiger partial charge in [-0.1, -0.05) is 117 Å². The van der Waals surface area contributed by atoms with E-state index in [2.05, 4.69) is 20.8 Å². The molecule has 0 rings (SSSR count). The van der Waals surface area contributed by atoms with Gasteiger partial charge in [-0.05, 0) is 18.8 Å². The molecule has 164 valence electrons. The predicted octanol–water partition coefficient (Wildman–Crippen LogP) is 7.40. The van der Waals surface area contributed by atoms with Crippen molar-refractivity contribution in [2.45, 2.75) is 136 Å². The molecule has 0 heterocycles. The summed E-state index contributed by atoms with van der Waals surface area (Å²) in [5.41, 5.74) is 0. The Morgan fingerprint density at radius 1 is 0.667 bits per heavy atom. The third-order valence-electron chi connectivity index (χ3n) is 5.17. The monoisotopic (exact) mass is 386 g/mol. The number of hydrogen-bond acceptors (Lipinski definition) is 2. The van der Waals surface area contributed by atoms with E-state index in [0.717, 1.165) is 18.8 Å². The zero-order valence-corrected chi connectivity index (χ0v) is 18.8. The Balaban J connectivity index is 0. The fourth-order valence-corrected chi connectivity index (χ4v) is 3.38. The summed E-state index contributed by atoms with van der Waals surface area (Å²) >= 11 is 0. The molecule has 0 radical (unpaired) electrons. The molecule has 0 aliphatic rings. The molecule has 3 nitrogen and oxygen atoms in total. The molecule has 0 atom stereocenters. The molecule has 0 bridgehead atoms. The largest absolute Gasteiger partial charge is 0.466 e. The van der Waals surface area contributed by atoms with Crippen molar-refractivity contribution in [1.82, 2.24) is 0 Å². The van der Waals surface area contributed by atoms with Crippen LogP contribution in [0, 0.1) is 5.92 Å². The highest BCUT2D eigenvalue weighted by Crippen LogP contribution is 2.13. The molecule has 0 amide bonds. The van der Waals surface area contributed by atoms with Crippen molar-refractivity contribution in [3.05, 3.63) is 0 Å². The lowest BCUT2D eigenvalue weighted by Gasteiger charge is -2.06. The normalized spacial score (nSPS) is 10.8. The van der Waals surface area contributed by atoms with Gasteiger partial charge in [0.05, 0.1) is 6.61 Å². The van der Waals surface area contributed by atoms with Crippen molar-refractivity contribution in [1.29, 1.82) is 0 Å². The third-order valence-corrected chi connectivity index (χ3v) is 5.17. The second-order valence-corrected chi connectivity index (χ2v) is 8.46. The number of ether oxygens (including phenoxy) is 1. The number of unbranched alkanes of at least 4 members (excludes halogenated alkanes) is 14. The van der Waals surface area contributed by atoms with Crippen molar-refractivity contribution in [3.8, 4) is 0 Å². The SMILES string of the molecule is CCCCCCCCCCCCCCCC(=O)OCCCCCC(C)C.O. The number of carbonyl (C=O) groups is 1. The molecule has 0 spiro atoms. The van der Waals surface area contributed by atoms with E-state index in [0.29, 0.717) is 13.0 Å². The molecule has 0 fully saturated rings. The standard InChI is InChI=1S/C24H48O2.H2O/c1-4-5-6-7-8-9-10-11-12-13-14-15-18-21-24(25)26-22-19-16-17-20-23(2)3;/h23H,4-22H2,1-3H3;1H2. The Morgan fingerprint density at radius 2 is 1.11 bits per heavy atom. The molecule has 0 saturated heterocycles. The summed E-state index contributed by atoms with van der Waals surface area (Å²) in [6, 6.07) is 0. The zero-order chi connectivity index (χ0) is 19.3. The summed E-state index contributed by atoms with van der Waals surface area (Å²) in [5, 5.41) is 0. The van der Waals surface area contributed by atoms with Crippen LogP contribution in [0.4, 0.5) is 0 Å². The molecule has 0 aromatic heterocycles. The quantitative estimate of drug-likeness (QED) is 0.162. The number of rotatable bonds is 20. The minimum atomic E-state index is 0. The Hall–Kier alpha value is -0.570. The summed E-state index contributed by atoms with van der Waals surface area (Å²) in [5.74, 6) is 0.796. The fourth-order valence-electron chi connectivity index (χ4n) is 3.38. The molecule has 27 heavy (non-hydrogen) atoms. The van der Waals surface area contributed by atoms with E-state index in [1.165, 1.54) is 96.3 Å². The number of carbonyl (C=O) groups excluding carboxylic acids is 1. The summed E-state index contributed by atoms with van der Waals surface area (Å²) in [4.78, 5) is 11.7. The van der Waals surface area contributed by atoms with Gasteiger partial charge < -0.3 is 10.2 Å². The lowest BCUT2D eigenvalue weighted by molar-refractivity contribution is -0.143. The van der Waals surface area contributed by atoms with Gasteiger partial charge in [-0.3, -0.25) is 4.79 Å². The molecule has 2 N–H and O–H groups in total. The average molecular weight is 387 g/mol. The van der Waals surface area contributed by atoms with Gasteiger partial charge in [0.15, 0.2) is 0 Å². The van der Waals surface area contributed by atoms with Gasteiger partial charge in [-0.25, -0.2) is 0 Å². The van der Waals surface area contributed by atoms with Crippen molar-refractivity contribution in [2.75, 3.05) is 6.61 Å². The van der Waals surface area contributed by atoms with E-state index in [1.54, 1.807) is 0 Å². The highest BCUT2D eigenvalue weighted by atomic mass is 16.5. The van der Waals surface area contributed by atoms with Crippen LogP contribution in [-0.2, 0) is 9.53 Å². The summed E-state index contributed by atoms with van der Waals surface area (Å²) in [6.07, 6.45) is 22.8. The second-order valence-electron chi connectivity index (χ2n) is 8.46.